The normalized spacial score (nSPS) is 11.2. The number of carbonyl (C=O) groups is 1. The molecule has 0 atom stereocenters. The van der Waals surface area contributed by atoms with E-state index in [1.165, 1.54) is 48.5 Å². The molecule has 3 aromatic rings. The lowest BCUT2D eigenvalue weighted by molar-refractivity contribution is 0.0977. The first-order valence-electron chi connectivity index (χ1n) is 10.6. The SMILES string of the molecule is C=CCOc1nc(-c2cc(F)cc(OCC(C)C)c2)ccc1C(=O)NS(=O)(=O)c1cccc(N)n1. The van der Waals surface area contributed by atoms with Gasteiger partial charge in [-0.3, -0.25) is 4.79 Å². The number of benzene rings is 1. The van der Waals surface area contributed by atoms with Crippen LogP contribution in [-0.4, -0.2) is 37.5 Å². The van der Waals surface area contributed by atoms with Crippen molar-refractivity contribution in [3.05, 3.63) is 72.6 Å². The summed E-state index contributed by atoms with van der Waals surface area (Å²) in [6, 6.07) is 10.9. The first-order valence-corrected chi connectivity index (χ1v) is 12.1. The standard InChI is InChI=1S/C24H25FN4O5S/c1-4-10-33-24-19(23(30)29-35(31,32)22-7-5-6-21(26)28-22)8-9-20(27-24)16-11-17(25)13-18(12-16)34-14-15(2)3/h4-9,11-13,15H,1,10,14H2,2-3H3,(H2,26,28)(H,29,30). The fourth-order valence-corrected chi connectivity index (χ4v) is 3.83. The average Bonchev–Trinajstić information content (AvgIpc) is 2.80. The Morgan fingerprint density at radius 2 is 1.94 bits per heavy atom. The zero-order valence-electron chi connectivity index (χ0n) is 19.2. The second-order valence-electron chi connectivity index (χ2n) is 7.86. The van der Waals surface area contributed by atoms with Gasteiger partial charge in [0.1, 0.15) is 29.6 Å². The molecule has 0 saturated heterocycles. The fraction of sp³-hybridized carbons (Fsp3) is 0.208. The number of amides is 1. The molecule has 0 radical (unpaired) electrons. The highest BCUT2D eigenvalue weighted by Crippen LogP contribution is 2.28. The highest BCUT2D eigenvalue weighted by atomic mass is 32.2. The third-order valence-electron chi connectivity index (χ3n) is 4.44. The Balaban J connectivity index is 1.94. The van der Waals surface area contributed by atoms with Crippen LogP contribution in [0.3, 0.4) is 0 Å². The van der Waals surface area contributed by atoms with E-state index in [4.69, 9.17) is 15.2 Å². The lowest BCUT2D eigenvalue weighted by atomic mass is 10.1. The number of anilines is 1. The van der Waals surface area contributed by atoms with Crippen molar-refractivity contribution in [1.29, 1.82) is 0 Å². The number of ether oxygens (including phenoxy) is 2. The van der Waals surface area contributed by atoms with Crippen molar-refractivity contribution in [2.24, 2.45) is 5.92 Å². The van der Waals surface area contributed by atoms with E-state index in [0.717, 1.165) is 0 Å². The molecule has 2 aromatic heterocycles. The van der Waals surface area contributed by atoms with Crippen molar-refractivity contribution in [2.45, 2.75) is 18.9 Å². The molecule has 1 amide bonds. The number of nitrogen functional groups attached to an aromatic ring is 1. The number of pyridine rings is 2. The number of carbonyl (C=O) groups excluding carboxylic acids is 1. The monoisotopic (exact) mass is 500 g/mol. The Morgan fingerprint density at radius 1 is 1.17 bits per heavy atom. The molecule has 0 unspecified atom stereocenters. The number of sulfonamides is 1. The maximum absolute atomic E-state index is 14.2. The third kappa shape index (κ3) is 6.76. The number of nitrogens with one attached hydrogen (secondary N) is 1. The second-order valence-corrected chi connectivity index (χ2v) is 9.49. The highest BCUT2D eigenvalue weighted by molar-refractivity contribution is 7.90. The van der Waals surface area contributed by atoms with Gasteiger partial charge in [0.2, 0.25) is 5.88 Å². The summed E-state index contributed by atoms with van der Waals surface area (Å²) in [4.78, 5) is 20.9. The van der Waals surface area contributed by atoms with Gasteiger partial charge in [0.25, 0.3) is 15.9 Å². The Morgan fingerprint density at radius 3 is 2.63 bits per heavy atom. The predicted molar refractivity (Wildman–Crippen MR) is 129 cm³/mol. The molecule has 2 heterocycles. The van der Waals surface area contributed by atoms with E-state index < -0.39 is 26.8 Å². The summed E-state index contributed by atoms with van der Waals surface area (Å²) in [5.74, 6) is -1.13. The second kappa shape index (κ2) is 11.0. The molecule has 35 heavy (non-hydrogen) atoms. The number of hydrogen-bond acceptors (Lipinski definition) is 8. The molecule has 0 aliphatic rings. The van der Waals surface area contributed by atoms with Crippen molar-refractivity contribution in [3.63, 3.8) is 0 Å². The number of aromatic nitrogens is 2. The van der Waals surface area contributed by atoms with Gasteiger partial charge in [-0.25, -0.2) is 19.1 Å². The molecule has 0 aliphatic carbocycles. The molecule has 1 aromatic carbocycles. The van der Waals surface area contributed by atoms with Crippen LogP contribution in [0.15, 0.2) is 66.2 Å². The van der Waals surface area contributed by atoms with Gasteiger partial charge < -0.3 is 15.2 Å². The van der Waals surface area contributed by atoms with Crippen LogP contribution in [0.2, 0.25) is 0 Å². The van der Waals surface area contributed by atoms with E-state index in [1.54, 1.807) is 6.07 Å². The van der Waals surface area contributed by atoms with Gasteiger partial charge in [-0.1, -0.05) is 32.6 Å². The first kappa shape index (κ1) is 25.6. The van der Waals surface area contributed by atoms with E-state index in [-0.39, 0.29) is 35.5 Å². The van der Waals surface area contributed by atoms with Gasteiger partial charge in [0.05, 0.1) is 12.3 Å². The summed E-state index contributed by atoms with van der Waals surface area (Å²) in [7, 11) is -4.31. The Hall–Kier alpha value is -3.99. The Labute approximate surface area is 202 Å². The molecule has 0 spiro atoms. The van der Waals surface area contributed by atoms with Crippen LogP contribution < -0.4 is 19.9 Å². The van der Waals surface area contributed by atoms with Crippen LogP contribution in [0.1, 0.15) is 24.2 Å². The maximum atomic E-state index is 14.2. The molecule has 184 valence electrons. The zero-order valence-corrected chi connectivity index (χ0v) is 20.0. The lowest BCUT2D eigenvalue weighted by Gasteiger charge is -2.13. The number of rotatable bonds is 10. The summed E-state index contributed by atoms with van der Waals surface area (Å²) in [5.41, 5.74) is 6.05. The molecule has 0 fully saturated rings. The summed E-state index contributed by atoms with van der Waals surface area (Å²) in [6.07, 6.45) is 1.43. The maximum Gasteiger partial charge on any atom is 0.281 e. The minimum Gasteiger partial charge on any atom is -0.493 e. The van der Waals surface area contributed by atoms with Crippen molar-refractivity contribution in [3.8, 4) is 22.9 Å². The summed E-state index contributed by atoms with van der Waals surface area (Å²) >= 11 is 0. The molecule has 11 heteroatoms. The molecular formula is C24H25FN4O5S. The van der Waals surface area contributed by atoms with Gasteiger partial charge >= 0.3 is 0 Å². The largest absolute Gasteiger partial charge is 0.493 e. The molecule has 3 N–H and O–H groups in total. The first-order chi connectivity index (χ1) is 16.6. The predicted octanol–water partition coefficient (Wildman–Crippen LogP) is 3.58. The number of halogens is 1. The molecule has 0 saturated carbocycles. The summed E-state index contributed by atoms with van der Waals surface area (Å²) in [5, 5.41) is -0.419. The van der Waals surface area contributed by atoms with Crippen molar-refractivity contribution >= 4 is 21.7 Å². The fourth-order valence-electron chi connectivity index (χ4n) is 2.89. The third-order valence-corrected chi connectivity index (χ3v) is 5.67. The van der Waals surface area contributed by atoms with Crippen LogP contribution in [-0.2, 0) is 10.0 Å². The Bertz CT molecular complexity index is 1350. The van der Waals surface area contributed by atoms with Gasteiger partial charge in [-0.05, 0) is 42.3 Å². The topological polar surface area (TPSA) is 134 Å². The van der Waals surface area contributed by atoms with Gasteiger partial charge in [-0.15, -0.1) is 0 Å². The molecule has 3 rings (SSSR count). The van der Waals surface area contributed by atoms with Crippen molar-refractivity contribution in [2.75, 3.05) is 18.9 Å². The van der Waals surface area contributed by atoms with Crippen LogP contribution in [0.4, 0.5) is 10.2 Å². The van der Waals surface area contributed by atoms with E-state index in [1.807, 2.05) is 18.6 Å². The number of hydrogen-bond donors (Lipinski definition) is 2. The lowest BCUT2D eigenvalue weighted by Crippen LogP contribution is -2.31. The molecule has 0 bridgehead atoms. The summed E-state index contributed by atoms with van der Waals surface area (Å²) in [6.45, 7) is 7.90. The van der Waals surface area contributed by atoms with Crippen molar-refractivity contribution in [1.82, 2.24) is 14.7 Å². The van der Waals surface area contributed by atoms with Gasteiger partial charge in [0, 0.05) is 11.6 Å². The van der Waals surface area contributed by atoms with E-state index in [0.29, 0.717) is 17.9 Å². The van der Waals surface area contributed by atoms with Crippen LogP contribution in [0, 0.1) is 11.7 Å². The van der Waals surface area contributed by atoms with E-state index >= 15 is 0 Å². The summed E-state index contributed by atoms with van der Waals surface area (Å²) < 4.78 is 52.4. The molecule has 9 nitrogen and oxygen atoms in total. The average molecular weight is 501 g/mol. The van der Waals surface area contributed by atoms with Crippen LogP contribution in [0.25, 0.3) is 11.3 Å². The molecular weight excluding hydrogens is 475 g/mol. The molecule has 0 aliphatic heterocycles. The zero-order chi connectivity index (χ0) is 25.6. The van der Waals surface area contributed by atoms with Crippen LogP contribution >= 0.6 is 0 Å². The minimum atomic E-state index is -4.31. The van der Waals surface area contributed by atoms with Crippen molar-refractivity contribution < 1.29 is 27.1 Å². The van der Waals surface area contributed by atoms with Crippen LogP contribution in [0.5, 0.6) is 11.6 Å². The van der Waals surface area contributed by atoms with Gasteiger partial charge in [-0.2, -0.15) is 8.42 Å². The quantitative estimate of drug-likeness (QED) is 0.404. The smallest absolute Gasteiger partial charge is 0.281 e. The minimum absolute atomic E-state index is 0.00778. The highest BCUT2D eigenvalue weighted by Gasteiger charge is 2.24. The number of nitrogens with two attached hydrogens (primary N) is 1. The van der Waals surface area contributed by atoms with E-state index in [2.05, 4.69) is 16.5 Å². The number of nitrogens with zero attached hydrogens (tertiary/aromatic N) is 2. The Kier molecular flexibility index (Phi) is 8.02. The van der Waals surface area contributed by atoms with Gasteiger partial charge in [0.15, 0.2) is 5.03 Å². The van der Waals surface area contributed by atoms with E-state index in [9.17, 15) is 17.6 Å².